The van der Waals surface area contributed by atoms with Crippen LogP contribution in [0.3, 0.4) is 0 Å². The Balaban J connectivity index is 2.17. The molecule has 0 saturated carbocycles. The molecule has 0 N–H and O–H groups in total. The van der Waals surface area contributed by atoms with Crippen LogP contribution in [0, 0.1) is 5.82 Å². The molecule has 122 valence electrons. The second kappa shape index (κ2) is 7.88. The maximum atomic E-state index is 13.9. The van der Waals surface area contributed by atoms with Gasteiger partial charge in [0, 0.05) is 39.9 Å². The molecule has 0 spiro atoms. The minimum atomic E-state index is -0.362. The second-order valence-corrected chi connectivity index (χ2v) is 6.79. The van der Waals surface area contributed by atoms with Gasteiger partial charge in [0.1, 0.15) is 12.4 Å². The standard InChI is InChI=1S/C16H15Br2FN2O2/c1-2-20(8-11-7-12(17)3-5-14(11)19)16(23)10-21-9-13(18)4-6-15(21)22/h3-7,9H,2,8,10H2,1H3. The fraction of sp³-hybridized carbons (Fsp3) is 0.250. The molecule has 23 heavy (non-hydrogen) atoms. The molecule has 2 rings (SSSR count). The molecule has 0 unspecified atom stereocenters. The number of rotatable bonds is 5. The average Bonchev–Trinajstić information content (AvgIpc) is 2.51. The van der Waals surface area contributed by atoms with Crippen molar-refractivity contribution >= 4 is 37.8 Å². The Bertz CT molecular complexity index is 777. The van der Waals surface area contributed by atoms with Gasteiger partial charge in [0.2, 0.25) is 5.91 Å². The van der Waals surface area contributed by atoms with Crippen molar-refractivity contribution in [3.05, 3.63) is 67.2 Å². The molecule has 0 aliphatic carbocycles. The van der Waals surface area contributed by atoms with Gasteiger partial charge in [0.05, 0.1) is 0 Å². The third-order valence-electron chi connectivity index (χ3n) is 3.36. The smallest absolute Gasteiger partial charge is 0.251 e. The average molecular weight is 446 g/mol. The van der Waals surface area contributed by atoms with E-state index < -0.39 is 0 Å². The normalized spacial score (nSPS) is 10.6. The zero-order valence-electron chi connectivity index (χ0n) is 12.4. The van der Waals surface area contributed by atoms with E-state index in [1.54, 1.807) is 24.4 Å². The molecular formula is C16H15Br2FN2O2. The number of hydrogen-bond donors (Lipinski definition) is 0. The number of likely N-dealkylation sites (N-methyl/N-ethyl adjacent to an activating group) is 1. The second-order valence-electron chi connectivity index (χ2n) is 4.96. The third-order valence-corrected chi connectivity index (χ3v) is 4.32. The van der Waals surface area contributed by atoms with Gasteiger partial charge in [-0.15, -0.1) is 0 Å². The summed E-state index contributed by atoms with van der Waals surface area (Å²) < 4.78 is 16.6. The number of benzene rings is 1. The molecule has 0 fully saturated rings. The Labute approximate surface area is 150 Å². The van der Waals surface area contributed by atoms with Crippen LogP contribution in [0.4, 0.5) is 4.39 Å². The van der Waals surface area contributed by atoms with Gasteiger partial charge >= 0.3 is 0 Å². The van der Waals surface area contributed by atoms with E-state index in [-0.39, 0.29) is 30.4 Å². The third kappa shape index (κ3) is 4.75. The lowest BCUT2D eigenvalue weighted by Crippen LogP contribution is -2.36. The maximum Gasteiger partial charge on any atom is 0.251 e. The molecule has 0 aliphatic rings. The Hall–Kier alpha value is -1.47. The predicted octanol–water partition coefficient (Wildman–Crippen LogP) is 3.56. The van der Waals surface area contributed by atoms with Crippen LogP contribution in [0.25, 0.3) is 0 Å². The Morgan fingerprint density at radius 3 is 2.61 bits per heavy atom. The van der Waals surface area contributed by atoms with Crippen LogP contribution in [0.1, 0.15) is 12.5 Å². The molecular weight excluding hydrogens is 431 g/mol. The van der Waals surface area contributed by atoms with Crippen molar-refractivity contribution in [1.29, 1.82) is 0 Å². The summed E-state index contributed by atoms with van der Waals surface area (Å²) in [6.45, 7) is 2.32. The molecule has 1 amide bonds. The SMILES string of the molecule is CCN(Cc1cc(Br)ccc1F)C(=O)Cn1cc(Br)ccc1=O. The highest BCUT2D eigenvalue weighted by Gasteiger charge is 2.15. The maximum absolute atomic E-state index is 13.9. The first-order valence-electron chi connectivity index (χ1n) is 6.98. The lowest BCUT2D eigenvalue weighted by molar-refractivity contribution is -0.132. The van der Waals surface area contributed by atoms with Gasteiger partial charge in [-0.05, 0) is 47.1 Å². The van der Waals surface area contributed by atoms with Gasteiger partial charge in [0.25, 0.3) is 5.56 Å². The number of nitrogens with zero attached hydrogens (tertiary/aromatic N) is 2. The Kier molecular flexibility index (Phi) is 6.12. The summed E-state index contributed by atoms with van der Waals surface area (Å²) >= 11 is 6.57. The first-order valence-corrected chi connectivity index (χ1v) is 8.57. The number of carbonyl (C=O) groups excluding carboxylic acids is 1. The highest BCUT2D eigenvalue weighted by Crippen LogP contribution is 2.17. The monoisotopic (exact) mass is 444 g/mol. The molecule has 1 heterocycles. The van der Waals surface area contributed by atoms with Gasteiger partial charge in [-0.25, -0.2) is 4.39 Å². The molecule has 1 aromatic heterocycles. The summed E-state index contributed by atoms with van der Waals surface area (Å²) in [6.07, 6.45) is 1.56. The van der Waals surface area contributed by atoms with Crippen molar-refractivity contribution in [1.82, 2.24) is 9.47 Å². The highest BCUT2D eigenvalue weighted by molar-refractivity contribution is 9.10. The van der Waals surface area contributed by atoms with Crippen LogP contribution in [0.15, 0.2) is 50.3 Å². The molecule has 0 bridgehead atoms. The lowest BCUT2D eigenvalue weighted by Gasteiger charge is -2.22. The number of aromatic nitrogens is 1. The van der Waals surface area contributed by atoms with Crippen LogP contribution in [-0.4, -0.2) is 21.9 Å². The zero-order chi connectivity index (χ0) is 17.0. The van der Waals surface area contributed by atoms with E-state index in [2.05, 4.69) is 31.9 Å². The van der Waals surface area contributed by atoms with Crippen molar-refractivity contribution in [3.8, 4) is 0 Å². The summed E-state index contributed by atoms with van der Waals surface area (Å²) in [5, 5.41) is 0. The van der Waals surface area contributed by atoms with E-state index in [9.17, 15) is 14.0 Å². The first-order chi connectivity index (χ1) is 10.9. The fourth-order valence-electron chi connectivity index (χ4n) is 2.12. The number of hydrogen-bond acceptors (Lipinski definition) is 2. The molecule has 1 aromatic carbocycles. The van der Waals surface area contributed by atoms with Crippen molar-refractivity contribution in [2.45, 2.75) is 20.0 Å². The van der Waals surface area contributed by atoms with Crippen LogP contribution in [-0.2, 0) is 17.9 Å². The lowest BCUT2D eigenvalue weighted by atomic mass is 10.2. The largest absolute Gasteiger partial charge is 0.337 e. The molecule has 2 aromatic rings. The number of halogens is 3. The van der Waals surface area contributed by atoms with Gasteiger partial charge in [-0.3, -0.25) is 9.59 Å². The molecule has 0 atom stereocenters. The van der Waals surface area contributed by atoms with E-state index in [0.29, 0.717) is 16.6 Å². The van der Waals surface area contributed by atoms with E-state index >= 15 is 0 Å². The minimum Gasteiger partial charge on any atom is -0.337 e. The topological polar surface area (TPSA) is 42.3 Å². The summed E-state index contributed by atoms with van der Waals surface area (Å²) in [5.41, 5.74) is 0.169. The van der Waals surface area contributed by atoms with Crippen LogP contribution >= 0.6 is 31.9 Å². The van der Waals surface area contributed by atoms with Crippen molar-refractivity contribution < 1.29 is 9.18 Å². The van der Waals surface area contributed by atoms with Gasteiger partial charge in [-0.1, -0.05) is 15.9 Å². The number of amides is 1. The minimum absolute atomic E-state index is 0.0816. The summed E-state index contributed by atoms with van der Waals surface area (Å²) in [6, 6.07) is 7.63. The van der Waals surface area contributed by atoms with Crippen LogP contribution in [0.5, 0.6) is 0 Å². The van der Waals surface area contributed by atoms with Crippen molar-refractivity contribution in [2.24, 2.45) is 0 Å². The predicted molar refractivity (Wildman–Crippen MR) is 93.6 cm³/mol. The Morgan fingerprint density at radius 2 is 1.91 bits per heavy atom. The van der Waals surface area contributed by atoms with Gasteiger partial charge in [0.15, 0.2) is 0 Å². The molecule has 0 radical (unpaired) electrons. The first kappa shape index (κ1) is 17.9. The quantitative estimate of drug-likeness (QED) is 0.706. The summed E-state index contributed by atoms with van der Waals surface area (Å²) in [4.78, 5) is 25.7. The molecule has 7 heteroatoms. The van der Waals surface area contributed by atoms with Crippen molar-refractivity contribution in [2.75, 3.05) is 6.54 Å². The summed E-state index contributed by atoms with van der Waals surface area (Å²) in [5.74, 6) is -0.605. The molecule has 0 saturated heterocycles. The van der Waals surface area contributed by atoms with Crippen molar-refractivity contribution in [3.63, 3.8) is 0 Å². The van der Waals surface area contributed by atoms with Gasteiger partial charge < -0.3 is 9.47 Å². The van der Waals surface area contributed by atoms with Crippen LogP contribution < -0.4 is 5.56 Å². The van der Waals surface area contributed by atoms with Crippen LogP contribution in [0.2, 0.25) is 0 Å². The van der Waals surface area contributed by atoms with E-state index in [1.165, 1.54) is 21.6 Å². The fourth-order valence-corrected chi connectivity index (χ4v) is 2.91. The summed E-state index contributed by atoms with van der Waals surface area (Å²) in [7, 11) is 0. The highest BCUT2D eigenvalue weighted by atomic mass is 79.9. The number of carbonyl (C=O) groups is 1. The zero-order valence-corrected chi connectivity index (χ0v) is 15.6. The van der Waals surface area contributed by atoms with E-state index in [0.717, 1.165) is 4.47 Å². The van der Waals surface area contributed by atoms with Gasteiger partial charge in [-0.2, -0.15) is 0 Å². The molecule has 4 nitrogen and oxygen atoms in total. The Morgan fingerprint density at radius 1 is 1.22 bits per heavy atom. The molecule has 0 aliphatic heterocycles. The van der Waals surface area contributed by atoms with E-state index in [4.69, 9.17) is 0 Å². The number of pyridine rings is 1. The van der Waals surface area contributed by atoms with E-state index in [1.807, 2.05) is 6.92 Å².